The molecule has 1 atom stereocenters. The molecule has 3 rings (SSSR count). The van der Waals surface area contributed by atoms with Gasteiger partial charge < -0.3 is 9.72 Å². The van der Waals surface area contributed by atoms with E-state index in [9.17, 15) is 14.0 Å². The molecule has 0 amide bonds. The lowest BCUT2D eigenvalue weighted by atomic mass is 10.1. The van der Waals surface area contributed by atoms with Crippen LogP contribution in [-0.2, 0) is 0 Å². The minimum atomic E-state index is -0.528. The van der Waals surface area contributed by atoms with E-state index in [-0.39, 0.29) is 22.7 Å². The zero-order valence-corrected chi connectivity index (χ0v) is 14.4. The Balaban J connectivity index is 2.33. The number of benzene rings is 1. The van der Waals surface area contributed by atoms with Crippen LogP contribution in [-0.4, -0.2) is 21.6 Å². The summed E-state index contributed by atoms with van der Waals surface area (Å²) in [5.41, 5.74) is -0.253. The van der Waals surface area contributed by atoms with Gasteiger partial charge >= 0.3 is 5.69 Å². The van der Waals surface area contributed by atoms with Crippen LogP contribution >= 0.6 is 0 Å². The summed E-state index contributed by atoms with van der Waals surface area (Å²) in [4.78, 5) is 32.3. The van der Waals surface area contributed by atoms with Crippen molar-refractivity contribution in [1.29, 1.82) is 0 Å². The highest BCUT2D eigenvalue weighted by Crippen LogP contribution is 2.28. The summed E-state index contributed by atoms with van der Waals surface area (Å²) >= 11 is 0. The smallest absolute Gasteiger partial charge is 0.329 e. The van der Waals surface area contributed by atoms with Crippen molar-refractivity contribution in [2.45, 2.75) is 39.2 Å². The second-order valence-electron chi connectivity index (χ2n) is 6.15. The van der Waals surface area contributed by atoms with Crippen LogP contribution in [0.15, 0.2) is 27.9 Å². The molecular formula is C18H20FN3O3. The summed E-state index contributed by atoms with van der Waals surface area (Å²) in [6, 6.07) is 2.24. The zero-order chi connectivity index (χ0) is 18.1. The molecule has 0 fully saturated rings. The van der Waals surface area contributed by atoms with Crippen molar-refractivity contribution in [2.75, 3.05) is 7.11 Å². The maximum absolute atomic E-state index is 13.9. The molecule has 2 heterocycles. The molecule has 7 heteroatoms. The number of rotatable bonds is 5. The number of hydrogen-bond donors (Lipinski definition) is 1. The SMILES string of the molecule is CCCCC(C)n1c(=O)[nH]c2c(cnc3c(OC)cc(F)cc32)c1=O. The Hall–Kier alpha value is -2.70. The first-order valence-electron chi connectivity index (χ1n) is 8.28. The van der Waals surface area contributed by atoms with Gasteiger partial charge in [-0.2, -0.15) is 0 Å². The molecule has 1 N–H and O–H groups in total. The van der Waals surface area contributed by atoms with Crippen LogP contribution < -0.4 is 16.0 Å². The van der Waals surface area contributed by atoms with Gasteiger partial charge in [0, 0.05) is 23.7 Å². The Morgan fingerprint density at radius 3 is 2.76 bits per heavy atom. The first-order chi connectivity index (χ1) is 12.0. The largest absolute Gasteiger partial charge is 0.494 e. The normalized spacial score (nSPS) is 12.6. The minimum absolute atomic E-state index is 0.224. The first kappa shape index (κ1) is 17.1. The highest BCUT2D eigenvalue weighted by Gasteiger charge is 2.17. The molecule has 2 aromatic heterocycles. The molecule has 3 aromatic rings. The average molecular weight is 345 g/mol. The van der Waals surface area contributed by atoms with E-state index in [0.717, 1.165) is 19.3 Å². The maximum atomic E-state index is 13.9. The fraction of sp³-hybridized carbons (Fsp3) is 0.389. The Labute approximate surface area is 143 Å². The van der Waals surface area contributed by atoms with Gasteiger partial charge in [-0.3, -0.25) is 14.3 Å². The molecule has 1 aromatic carbocycles. The molecule has 0 aliphatic carbocycles. The van der Waals surface area contributed by atoms with Crippen LogP contribution in [0, 0.1) is 5.82 Å². The first-order valence-corrected chi connectivity index (χ1v) is 8.28. The fourth-order valence-corrected chi connectivity index (χ4v) is 3.11. The van der Waals surface area contributed by atoms with E-state index in [0.29, 0.717) is 10.9 Å². The van der Waals surface area contributed by atoms with Gasteiger partial charge in [-0.25, -0.2) is 9.18 Å². The molecule has 0 aliphatic rings. The molecular weight excluding hydrogens is 325 g/mol. The van der Waals surface area contributed by atoms with E-state index in [1.165, 1.54) is 30.0 Å². The molecule has 0 aliphatic heterocycles. The Kier molecular flexibility index (Phi) is 4.57. The molecule has 25 heavy (non-hydrogen) atoms. The standard InChI is InChI=1S/C18H20FN3O3/c1-4-5-6-10(2)22-17(23)13-9-20-16-12(15(13)21-18(22)24)7-11(19)8-14(16)25-3/h7-10H,4-6H2,1-3H3,(H,21,24). The Bertz CT molecular complexity index is 1060. The van der Waals surface area contributed by atoms with Gasteiger partial charge in [0.15, 0.2) is 0 Å². The van der Waals surface area contributed by atoms with E-state index >= 15 is 0 Å². The zero-order valence-electron chi connectivity index (χ0n) is 14.4. The summed E-state index contributed by atoms with van der Waals surface area (Å²) < 4.78 is 20.2. The van der Waals surface area contributed by atoms with E-state index in [1.807, 2.05) is 6.92 Å². The average Bonchev–Trinajstić information content (AvgIpc) is 2.59. The lowest BCUT2D eigenvalue weighted by Crippen LogP contribution is -2.37. The van der Waals surface area contributed by atoms with Gasteiger partial charge in [0.05, 0.1) is 18.0 Å². The van der Waals surface area contributed by atoms with Crippen molar-refractivity contribution in [3.8, 4) is 5.75 Å². The molecule has 1 unspecified atom stereocenters. The maximum Gasteiger partial charge on any atom is 0.329 e. The van der Waals surface area contributed by atoms with Crippen molar-refractivity contribution in [2.24, 2.45) is 0 Å². The number of nitrogens with one attached hydrogen (secondary N) is 1. The van der Waals surface area contributed by atoms with E-state index < -0.39 is 17.1 Å². The highest BCUT2D eigenvalue weighted by atomic mass is 19.1. The number of methoxy groups -OCH3 is 1. The molecule has 0 saturated heterocycles. The molecule has 0 spiro atoms. The molecule has 6 nitrogen and oxygen atoms in total. The third-order valence-corrected chi connectivity index (χ3v) is 4.44. The monoisotopic (exact) mass is 345 g/mol. The van der Waals surface area contributed by atoms with E-state index in [2.05, 4.69) is 16.9 Å². The van der Waals surface area contributed by atoms with E-state index in [1.54, 1.807) is 0 Å². The van der Waals surface area contributed by atoms with Gasteiger partial charge in [-0.1, -0.05) is 19.8 Å². The Morgan fingerprint density at radius 2 is 2.08 bits per heavy atom. The van der Waals surface area contributed by atoms with Crippen molar-refractivity contribution < 1.29 is 9.13 Å². The number of H-pyrrole nitrogens is 1. The van der Waals surface area contributed by atoms with Crippen LogP contribution in [0.1, 0.15) is 39.2 Å². The molecule has 0 radical (unpaired) electrons. The summed E-state index contributed by atoms with van der Waals surface area (Å²) in [6.45, 7) is 3.90. The third-order valence-electron chi connectivity index (χ3n) is 4.44. The number of halogens is 1. The van der Waals surface area contributed by atoms with Crippen molar-refractivity contribution >= 4 is 21.8 Å². The van der Waals surface area contributed by atoms with Crippen molar-refractivity contribution in [3.63, 3.8) is 0 Å². The summed E-state index contributed by atoms with van der Waals surface area (Å²) in [6.07, 6.45) is 4.03. The van der Waals surface area contributed by atoms with Gasteiger partial charge in [0.1, 0.15) is 17.1 Å². The lowest BCUT2D eigenvalue weighted by molar-refractivity contribution is 0.415. The predicted octanol–water partition coefficient (Wildman–Crippen LogP) is 3.14. The molecule has 0 saturated carbocycles. The van der Waals surface area contributed by atoms with Gasteiger partial charge in [-0.05, 0) is 19.4 Å². The van der Waals surface area contributed by atoms with Crippen LogP contribution in [0.4, 0.5) is 4.39 Å². The summed E-state index contributed by atoms with van der Waals surface area (Å²) in [7, 11) is 1.41. The predicted molar refractivity (Wildman–Crippen MR) is 94.9 cm³/mol. The quantitative estimate of drug-likeness (QED) is 0.721. The number of unbranched alkanes of at least 4 members (excludes halogenated alkanes) is 1. The number of hydrogen-bond acceptors (Lipinski definition) is 4. The third kappa shape index (κ3) is 2.90. The molecule has 132 valence electrons. The number of nitrogens with zero attached hydrogens (tertiary/aromatic N) is 2. The van der Waals surface area contributed by atoms with Crippen LogP contribution in [0.25, 0.3) is 21.8 Å². The topological polar surface area (TPSA) is 77.0 Å². The van der Waals surface area contributed by atoms with Crippen LogP contribution in [0.5, 0.6) is 5.75 Å². The van der Waals surface area contributed by atoms with Crippen molar-refractivity contribution in [3.05, 3.63) is 45.0 Å². The number of aromatic amines is 1. The lowest BCUT2D eigenvalue weighted by Gasteiger charge is -2.15. The van der Waals surface area contributed by atoms with Crippen LogP contribution in [0.3, 0.4) is 0 Å². The van der Waals surface area contributed by atoms with Gasteiger partial charge in [-0.15, -0.1) is 0 Å². The van der Waals surface area contributed by atoms with Gasteiger partial charge in [0.2, 0.25) is 0 Å². The number of aromatic nitrogens is 3. The second kappa shape index (κ2) is 6.66. The minimum Gasteiger partial charge on any atom is -0.494 e. The van der Waals surface area contributed by atoms with Crippen LogP contribution in [0.2, 0.25) is 0 Å². The van der Waals surface area contributed by atoms with Gasteiger partial charge in [0.25, 0.3) is 5.56 Å². The van der Waals surface area contributed by atoms with Crippen molar-refractivity contribution in [1.82, 2.24) is 14.5 Å². The number of ether oxygens (including phenoxy) is 1. The number of pyridine rings is 1. The second-order valence-corrected chi connectivity index (χ2v) is 6.15. The summed E-state index contributed by atoms with van der Waals surface area (Å²) in [5, 5.41) is 0.597. The highest BCUT2D eigenvalue weighted by molar-refractivity contribution is 6.04. The number of fused-ring (bicyclic) bond motifs is 3. The Morgan fingerprint density at radius 1 is 1.32 bits per heavy atom. The summed E-state index contributed by atoms with van der Waals surface area (Å²) in [5.74, 6) is -0.279. The fourth-order valence-electron chi connectivity index (χ4n) is 3.11. The molecule has 0 bridgehead atoms. The van der Waals surface area contributed by atoms with E-state index in [4.69, 9.17) is 4.74 Å².